The molecule has 1 aromatic rings. The standard InChI is InChI=1S/C13H17ClN2O2/c1-10-11(14)3-2-4-12(10)16-7-5-15(6-8-16)9-13(17)18/h2-4H,5-9H2,1H3,(H,17,18). The van der Waals surface area contributed by atoms with Crippen LogP contribution in [-0.2, 0) is 4.79 Å². The van der Waals surface area contributed by atoms with Crippen LogP contribution < -0.4 is 4.90 Å². The Hall–Kier alpha value is -1.26. The molecular formula is C13H17ClN2O2. The first-order valence-electron chi connectivity index (χ1n) is 6.02. The Morgan fingerprint density at radius 3 is 2.61 bits per heavy atom. The van der Waals surface area contributed by atoms with Crippen LogP contribution in [0.4, 0.5) is 5.69 Å². The number of hydrogen-bond donors (Lipinski definition) is 1. The molecule has 1 aliphatic rings. The van der Waals surface area contributed by atoms with Gasteiger partial charge in [0.15, 0.2) is 0 Å². The molecule has 4 nitrogen and oxygen atoms in total. The van der Waals surface area contributed by atoms with Gasteiger partial charge in [-0.2, -0.15) is 0 Å². The number of halogens is 1. The molecule has 1 N–H and O–H groups in total. The summed E-state index contributed by atoms with van der Waals surface area (Å²) in [7, 11) is 0. The highest BCUT2D eigenvalue weighted by Crippen LogP contribution is 2.27. The summed E-state index contributed by atoms with van der Waals surface area (Å²) in [4.78, 5) is 14.9. The molecule has 0 radical (unpaired) electrons. The molecule has 2 rings (SSSR count). The molecule has 1 aromatic carbocycles. The van der Waals surface area contributed by atoms with Crippen molar-refractivity contribution in [3.8, 4) is 0 Å². The Bertz CT molecular complexity index is 443. The van der Waals surface area contributed by atoms with Gasteiger partial charge < -0.3 is 10.0 Å². The Morgan fingerprint density at radius 1 is 1.33 bits per heavy atom. The number of rotatable bonds is 3. The highest BCUT2D eigenvalue weighted by atomic mass is 35.5. The largest absolute Gasteiger partial charge is 0.480 e. The van der Waals surface area contributed by atoms with Gasteiger partial charge in [0, 0.05) is 36.9 Å². The summed E-state index contributed by atoms with van der Waals surface area (Å²) in [5, 5.41) is 9.53. The van der Waals surface area contributed by atoms with E-state index in [1.54, 1.807) is 0 Å². The maximum Gasteiger partial charge on any atom is 0.317 e. The molecule has 98 valence electrons. The predicted molar refractivity (Wildman–Crippen MR) is 72.5 cm³/mol. The molecule has 0 atom stereocenters. The van der Waals surface area contributed by atoms with E-state index in [0.717, 1.165) is 42.5 Å². The van der Waals surface area contributed by atoms with Gasteiger partial charge in [0.25, 0.3) is 0 Å². The molecule has 18 heavy (non-hydrogen) atoms. The van der Waals surface area contributed by atoms with E-state index in [0.29, 0.717) is 0 Å². The van der Waals surface area contributed by atoms with Crippen molar-refractivity contribution in [1.82, 2.24) is 4.90 Å². The van der Waals surface area contributed by atoms with Crippen LogP contribution in [0.1, 0.15) is 5.56 Å². The lowest BCUT2D eigenvalue weighted by Crippen LogP contribution is -2.48. The van der Waals surface area contributed by atoms with Crippen molar-refractivity contribution in [3.63, 3.8) is 0 Å². The van der Waals surface area contributed by atoms with Crippen molar-refractivity contribution in [2.75, 3.05) is 37.6 Å². The third-order valence-corrected chi connectivity index (χ3v) is 3.72. The average molecular weight is 269 g/mol. The van der Waals surface area contributed by atoms with Gasteiger partial charge in [-0.05, 0) is 24.6 Å². The number of benzene rings is 1. The van der Waals surface area contributed by atoms with E-state index in [4.69, 9.17) is 16.7 Å². The van der Waals surface area contributed by atoms with E-state index >= 15 is 0 Å². The number of nitrogens with zero attached hydrogens (tertiary/aromatic N) is 2. The van der Waals surface area contributed by atoms with Gasteiger partial charge in [-0.3, -0.25) is 9.69 Å². The summed E-state index contributed by atoms with van der Waals surface area (Å²) < 4.78 is 0. The van der Waals surface area contributed by atoms with Gasteiger partial charge >= 0.3 is 5.97 Å². The van der Waals surface area contributed by atoms with E-state index < -0.39 is 5.97 Å². The number of carboxylic acids is 1. The summed E-state index contributed by atoms with van der Waals surface area (Å²) in [5.41, 5.74) is 2.24. The van der Waals surface area contributed by atoms with Crippen LogP contribution in [-0.4, -0.2) is 48.7 Å². The van der Waals surface area contributed by atoms with Crippen LogP contribution >= 0.6 is 11.6 Å². The molecule has 1 heterocycles. The highest BCUT2D eigenvalue weighted by Gasteiger charge is 2.20. The van der Waals surface area contributed by atoms with E-state index in [9.17, 15) is 4.79 Å². The maximum atomic E-state index is 10.6. The summed E-state index contributed by atoms with van der Waals surface area (Å²) in [6, 6.07) is 5.91. The van der Waals surface area contributed by atoms with Gasteiger partial charge in [0.2, 0.25) is 0 Å². The highest BCUT2D eigenvalue weighted by molar-refractivity contribution is 6.31. The molecule has 5 heteroatoms. The van der Waals surface area contributed by atoms with E-state index in [-0.39, 0.29) is 6.54 Å². The molecule has 0 saturated carbocycles. The zero-order valence-corrected chi connectivity index (χ0v) is 11.2. The van der Waals surface area contributed by atoms with Crippen molar-refractivity contribution in [2.45, 2.75) is 6.92 Å². The minimum atomic E-state index is -0.762. The number of carboxylic acid groups (broad SMARTS) is 1. The van der Waals surface area contributed by atoms with Crippen LogP contribution in [0.25, 0.3) is 0 Å². The molecule has 0 aliphatic carbocycles. The second-order valence-electron chi connectivity index (χ2n) is 4.54. The predicted octanol–water partition coefficient (Wildman–Crippen LogP) is 1.86. The van der Waals surface area contributed by atoms with Crippen LogP contribution in [0.15, 0.2) is 18.2 Å². The lowest BCUT2D eigenvalue weighted by Gasteiger charge is -2.36. The molecule has 0 amide bonds. The topological polar surface area (TPSA) is 43.8 Å². The van der Waals surface area contributed by atoms with Crippen LogP contribution in [0, 0.1) is 6.92 Å². The quantitative estimate of drug-likeness (QED) is 0.909. The lowest BCUT2D eigenvalue weighted by molar-refractivity contribution is -0.138. The van der Waals surface area contributed by atoms with Crippen LogP contribution in [0.5, 0.6) is 0 Å². The first-order chi connectivity index (χ1) is 8.58. The summed E-state index contributed by atoms with van der Waals surface area (Å²) >= 11 is 6.12. The Morgan fingerprint density at radius 2 is 2.00 bits per heavy atom. The number of anilines is 1. The number of carbonyl (C=O) groups is 1. The Labute approximate surface area is 112 Å². The van der Waals surface area contributed by atoms with Crippen LogP contribution in [0.2, 0.25) is 5.02 Å². The van der Waals surface area contributed by atoms with E-state index in [1.165, 1.54) is 0 Å². The molecule has 0 unspecified atom stereocenters. The summed E-state index contributed by atoms with van der Waals surface area (Å²) in [5.74, 6) is -0.762. The molecule has 1 saturated heterocycles. The number of piperazine rings is 1. The molecule has 0 aromatic heterocycles. The van der Waals surface area contributed by atoms with Gasteiger partial charge in [-0.1, -0.05) is 17.7 Å². The van der Waals surface area contributed by atoms with Crippen molar-refractivity contribution >= 4 is 23.3 Å². The fraction of sp³-hybridized carbons (Fsp3) is 0.462. The van der Waals surface area contributed by atoms with E-state index in [1.807, 2.05) is 24.0 Å². The number of aliphatic carboxylic acids is 1. The molecule has 0 bridgehead atoms. The lowest BCUT2D eigenvalue weighted by atomic mass is 10.1. The van der Waals surface area contributed by atoms with Crippen molar-refractivity contribution in [3.05, 3.63) is 28.8 Å². The monoisotopic (exact) mass is 268 g/mol. The van der Waals surface area contributed by atoms with Gasteiger partial charge in [-0.15, -0.1) is 0 Å². The van der Waals surface area contributed by atoms with E-state index in [2.05, 4.69) is 11.0 Å². The van der Waals surface area contributed by atoms with Crippen molar-refractivity contribution in [2.24, 2.45) is 0 Å². The normalized spacial score (nSPS) is 16.9. The molecule has 0 spiro atoms. The minimum Gasteiger partial charge on any atom is -0.480 e. The fourth-order valence-corrected chi connectivity index (χ4v) is 2.45. The molecule has 1 fully saturated rings. The van der Waals surface area contributed by atoms with Crippen molar-refractivity contribution in [1.29, 1.82) is 0 Å². The summed E-state index contributed by atoms with van der Waals surface area (Å²) in [6.07, 6.45) is 0. The van der Waals surface area contributed by atoms with Crippen molar-refractivity contribution < 1.29 is 9.90 Å². The third kappa shape index (κ3) is 2.94. The average Bonchev–Trinajstić information content (AvgIpc) is 2.33. The SMILES string of the molecule is Cc1c(Cl)cccc1N1CCN(CC(=O)O)CC1. The Kier molecular flexibility index (Phi) is 4.09. The zero-order valence-electron chi connectivity index (χ0n) is 10.4. The van der Waals surface area contributed by atoms with Gasteiger partial charge in [-0.25, -0.2) is 0 Å². The van der Waals surface area contributed by atoms with Gasteiger partial charge in [0.1, 0.15) is 0 Å². The number of hydrogen-bond acceptors (Lipinski definition) is 3. The second kappa shape index (κ2) is 5.59. The zero-order chi connectivity index (χ0) is 13.1. The Balaban J connectivity index is 2.01. The second-order valence-corrected chi connectivity index (χ2v) is 4.95. The summed E-state index contributed by atoms with van der Waals surface area (Å²) in [6.45, 7) is 5.38. The third-order valence-electron chi connectivity index (χ3n) is 3.31. The molecular weight excluding hydrogens is 252 g/mol. The first-order valence-corrected chi connectivity index (χ1v) is 6.40. The van der Waals surface area contributed by atoms with Gasteiger partial charge in [0.05, 0.1) is 6.54 Å². The minimum absolute atomic E-state index is 0.127. The maximum absolute atomic E-state index is 10.6. The fourth-order valence-electron chi connectivity index (χ4n) is 2.28. The smallest absolute Gasteiger partial charge is 0.317 e. The van der Waals surface area contributed by atoms with Crippen LogP contribution in [0.3, 0.4) is 0 Å². The molecule has 1 aliphatic heterocycles. The first kappa shape index (κ1) is 13.2.